The van der Waals surface area contributed by atoms with Crippen molar-refractivity contribution >= 4 is 17.8 Å². The van der Waals surface area contributed by atoms with Crippen molar-refractivity contribution in [3.8, 4) is 0 Å². The van der Waals surface area contributed by atoms with E-state index in [0.717, 1.165) is 43.0 Å². The fraction of sp³-hybridized carbons (Fsp3) is 0.708. The zero-order valence-electron chi connectivity index (χ0n) is 19.5. The van der Waals surface area contributed by atoms with Gasteiger partial charge in [-0.15, -0.1) is 0 Å². The Kier molecular flexibility index (Phi) is 6.34. The number of carbonyl (C=O) groups is 3. The Labute approximate surface area is 190 Å². The van der Waals surface area contributed by atoms with E-state index < -0.39 is 11.6 Å². The first-order valence-electron chi connectivity index (χ1n) is 11.9. The zero-order valence-corrected chi connectivity index (χ0v) is 19.5. The van der Waals surface area contributed by atoms with Crippen molar-refractivity contribution < 1.29 is 18.8 Å². The monoisotopic (exact) mass is 444 g/mol. The number of urea groups is 1. The summed E-state index contributed by atoms with van der Waals surface area (Å²) >= 11 is 0. The van der Waals surface area contributed by atoms with Crippen LogP contribution in [0.1, 0.15) is 71.1 Å². The van der Waals surface area contributed by atoms with E-state index in [0.29, 0.717) is 25.3 Å². The second-order valence-electron chi connectivity index (χ2n) is 10.7. The molecule has 0 radical (unpaired) electrons. The van der Waals surface area contributed by atoms with E-state index in [-0.39, 0.29) is 29.8 Å². The molecular weight excluding hydrogens is 408 g/mol. The average molecular weight is 445 g/mol. The van der Waals surface area contributed by atoms with E-state index in [2.05, 4.69) is 36.3 Å². The highest BCUT2D eigenvalue weighted by Crippen LogP contribution is 2.46. The zero-order chi connectivity index (χ0) is 22.9. The number of amides is 4. The van der Waals surface area contributed by atoms with Gasteiger partial charge < -0.3 is 15.1 Å². The molecule has 176 valence electrons. The summed E-state index contributed by atoms with van der Waals surface area (Å²) in [5, 5.41) is 5.87. The summed E-state index contributed by atoms with van der Waals surface area (Å²) < 4.78 is 5.63. The number of hydrogen-bond donors (Lipinski definition) is 2. The van der Waals surface area contributed by atoms with Crippen molar-refractivity contribution in [2.24, 2.45) is 11.3 Å². The number of imide groups is 1. The molecule has 3 aliphatic rings. The fourth-order valence-electron chi connectivity index (χ4n) is 6.18. The third kappa shape index (κ3) is 4.70. The first kappa shape index (κ1) is 22.8. The largest absolute Gasteiger partial charge is 0.468 e. The van der Waals surface area contributed by atoms with Gasteiger partial charge in [0.05, 0.1) is 12.3 Å². The normalized spacial score (nSPS) is 29.2. The molecule has 1 aromatic heterocycles. The van der Waals surface area contributed by atoms with Crippen LogP contribution in [-0.4, -0.2) is 59.4 Å². The van der Waals surface area contributed by atoms with Crippen molar-refractivity contribution in [2.75, 3.05) is 26.2 Å². The Bertz CT molecular complexity index is 846. The van der Waals surface area contributed by atoms with Gasteiger partial charge in [-0.1, -0.05) is 27.2 Å². The lowest BCUT2D eigenvalue weighted by Crippen LogP contribution is -2.54. The van der Waals surface area contributed by atoms with Gasteiger partial charge in [0.25, 0.3) is 5.91 Å². The van der Waals surface area contributed by atoms with E-state index >= 15 is 0 Å². The summed E-state index contributed by atoms with van der Waals surface area (Å²) in [6.07, 6.45) is 7.36. The summed E-state index contributed by atoms with van der Waals surface area (Å²) in [4.78, 5) is 42.1. The summed E-state index contributed by atoms with van der Waals surface area (Å²) in [6, 6.07) is 3.27. The molecule has 8 nitrogen and oxygen atoms in total. The van der Waals surface area contributed by atoms with Gasteiger partial charge in [-0.05, 0) is 68.7 Å². The van der Waals surface area contributed by atoms with Crippen LogP contribution in [0.5, 0.6) is 0 Å². The summed E-state index contributed by atoms with van der Waals surface area (Å²) in [6.45, 7) is 8.43. The van der Waals surface area contributed by atoms with E-state index in [1.807, 2.05) is 12.1 Å². The van der Waals surface area contributed by atoms with E-state index in [1.54, 1.807) is 6.26 Å². The highest BCUT2D eigenvalue weighted by atomic mass is 16.3. The smallest absolute Gasteiger partial charge is 0.325 e. The molecule has 3 heterocycles. The lowest BCUT2D eigenvalue weighted by Gasteiger charge is -2.43. The second-order valence-corrected chi connectivity index (χ2v) is 10.7. The van der Waals surface area contributed by atoms with Crippen LogP contribution >= 0.6 is 0 Å². The van der Waals surface area contributed by atoms with Crippen LogP contribution in [0.3, 0.4) is 0 Å². The number of hydrogen-bond acceptors (Lipinski definition) is 5. The van der Waals surface area contributed by atoms with Gasteiger partial charge in [0.1, 0.15) is 17.8 Å². The lowest BCUT2D eigenvalue weighted by atomic mass is 9.64. The van der Waals surface area contributed by atoms with E-state index in [4.69, 9.17) is 4.42 Å². The molecule has 1 spiro atoms. The maximum Gasteiger partial charge on any atom is 0.325 e. The van der Waals surface area contributed by atoms with Crippen LogP contribution < -0.4 is 10.6 Å². The number of piperidine rings is 1. The molecule has 3 atom stereocenters. The maximum absolute atomic E-state index is 13.3. The average Bonchev–Trinajstić information content (AvgIpc) is 3.31. The van der Waals surface area contributed by atoms with Gasteiger partial charge in [-0.3, -0.25) is 19.4 Å². The second kappa shape index (κ2) is 8.89. The van der Waals surface area contributed by atoms with Crippen molar-refractivity contribution in [3.63, 3.8) is 0 Å². The molecule has 32 heavy (non-hydrogen) atoms. The summed E-state index contributed by atoms with van der Waals surface area (Å²) in [5.74, 6) is 0.549. The summed E-state index contributed by atoms with van der Waals surface area (Å²) in [7, 11) is 0. The molecule has 3 fully saturated rings. The topological polar surface area (TPSA) is 94.9 Å². The number of likely N-dealkylation sites (tertiary alicyclic amines) is 1. The Hall–Kier alpha value is -2.35. The number of carbonyl (C=O) groups excluding carboxylic acids is 3. The Morgan fingerprint density at radius 1 is 1.25 bits per heavy atom. The minimum Gasteiger partial charge on any atom is -0.468 e. The van der Waals surface area contributed by atoms with Gasteiger partial charge >= 0.3 is 6.03 Å². The molecular formula is C24H36N4O4. The van der Waals surface area contributed by atoms with Crippen molar-refractivity contribution in [3.05, 3.63) is 24.2 Å². The van der Waals surface area contributed by atoms with Crippen LogP contribution in [-0.2, 0) is 9.59 Å². The molecule has 0 bridgehead atoms. The van der Waals surface area contributed by atoms with Crippen LogP contribution in [0.2, 0.25) is 0 Å². The quantitative estimate of drug-likeness (QED) is 0.658. The SMILES string of the molecule is C[C@@H]1CC(C)(C)C[C@@]2(C1)NC(=O)N(CC(=O)NC[C@@H](c1ccco1)N1CCCCC1)C2=O. The van der Waals surface area contributed by atoms with E-state index in [9.17, 15) is 14.4 Å². The lowest BCUT2D eigenvalue weighted by molar-refractivity contribution is -0.137. The number of nitrogens with zero attached hydrogens (tertiary/aromatic N) is 2. The van der Waals surface area contributed by atoms with Crippen molar-refractivity contribution in [1.82, 2.24) is 20.4 Å². The molecule has 0 unspecified atom stereocenters. The number of rotatable bonds is 6. The van der Waals surface area contributed by atoms with Gasteiger partial charge in [0.2, 0.25) is 5.91 Å². The third-order valence-corrected chi connectivity index (χ3v) is 7.12. The van der Waals surface area contributed by atoms with Gasteiger partial charge in [0, 0.05) is 6.54 Å². The van der Waals surface area contributed by atoms with Crippen LogP contribution in [0.4, 0.5) is 4.79 Å². The first-order valence-corrected chi connectivity index (χ1v) is 11.9. The molecule has 4 amide bonds. The van der Waals surface area contributed by atoms with Gasteiger partial charge in [-0.25, -0.2) is 4.79 Å². The van der Waals surface area contributed by atoms with Crippen LogP contribution in [0, 0.1) is 11.3 Å². The molecule has 1 aromatic rings. The Balaban J connectivity index is 1.39. The predicted octanol–water partition coefficient (Wildman–Crippen LogP) is 3.06. The summed E-state index contributed by atoms with van der Waals surface area (Å²) in [5.41, 5.74) is -0.924. The highest BCUT2D eigenvalue weighted by molar-refractivity contribution is 6.09. The molecule has 1 saturated carbocycles. The molecule has 2 saturated heterocycles. The van der Waals surface area contributed by atoms with Gasteiger partial charge in [-0.2, -0.15) is 0 Å². The Morgan fingerprint density at radius 3 is 2.66 bits per heavy atom. The Morgan fingerprint density at radius 2 is 2.00 bits per heavy atom. The molecule has 8 heteroatoms. The van der Waals surface area contributed by atoms with Crippen LogP contribution in [0.25, 0.3) is 0 Å². The van der Waals surface area contributed by atoms with Crippen LogP contribution in [0.15, 0.2) is 22.8 Å². The molecule has 2 N–H and O–H groups in total. The van der Waals surface area contributed by atoms with Crippen molar-refractivity contribution in [1.29, 1.82) is 0 Å². The predicted molar refractivity (Wildman–Crippen MR) is 120 cm³/mol. The maximum atomic E-state index is 13.3. The number of nitrogens with one attached hydrogen (secondary N) is 2. The third-order valence-electron chi connectivity index (χ3n) is 7.12. The van der Waals surface area contributed by atoms with E-state index in [1.165, 1.54) is 6.42 Å². The molecule has 1 aliphatic carbocycles. The molecule has 0 aromatic carbocycles. The molecule has 4 rings (SSSR count). The minimum absolute atomic E-state index is 0.0381. The van der Waals surface area contributed by atoms with Gasteiger partial charge in [0.15, 0.2) is 0 Å². The molecule has 2 aliphatic heterocycles. The highest BCUT2D eigenvalue weighted by Gasteiger charge is 2.56. The number of furan rings is 1. The minimum atomic E-state index is -0.886. The van der Waals surface area contributed by atoms with Crippen molar-refractivity contribution in [2.45, 2.75) is 70.9 Å². The fourth-order valence-corrected chi connectivity index (χ4v) is 6.18. The standard InChI is InChI=1S/C24H36N4O4/c1-17-12-23(2,3)16-24(13-17)21(30)28(22(31)26-24)15-20(29)25-14-18(19-8-7-11-32-19)27-9-5-4-6-10-27/h7-8,11,17-18H,4-6,9-10,12-16H2,1-3H3,(H,25,29)(H,26,31)/t17-,18+,24-/m1/s1. The first-order chi connectivity index (χ1) is 15.2.